The summed E-state index contributed by atoms with van der Waals surface area (Å²) in [5.41, 5.74) is 4.48. The highest BCUT2D eigenvalue weighted by molar-refractivity contribution is 5.86. The number of carbonyl (C=O) groups is 3. The quantitative estimate of drug-likeness (QED) is 0.570. The van der Waals surface area contributed by atoms with Gasteiger partial charge in [0, 0.05) is 25.4 Å². The third kappa shape index (κ3) is 5.35. The van der Waals surface area contributed by atoms with Gasteiger partial charge in [-0.05, 0) is 54.4 Å². The van der Waals surface area contributed by atoms with Crippen LogP contribution in [0.5, 0.6) is 0 Å². The number of nitrogens with zero attached hydrogens (tertiary/aromatic N) is 1. The minimum absolute atomic E-state index is 0.0273. The Kier molecular flexibility index (Phi) is 6.96. The van der Waals surface area contributed by atoms with Crippen molar-refractivity contribution in [1.82, 2.24) is 10.2 Å². The van der Waals surface area contributed by atoms with Crippen LogP contribution in [-0.2, 0) is 14.3 Å². The van der Waals surface area contributed by atoms with Crippen molar-refractivity contribution in [2.45, 2.75) is 44.6 Å². The first-order chi connectivity index (χ1) is 16.0. The van der Waals surface area contributed by atoms with Gasteiger partial charge in [-0.25, -0.2) is 4.79 Å². The maximum absolute atomic E-state index is 13.0. The van der Waals surface area contributed by atoms with Gasteiger partial charge in [-0.1, -0.05) is 48.5 Å². The van der Waals surface area contributed by atoms with Crippen LogP contribution in [0, 0.1) is 5.92 Å². The number of hydrogen-bond acceptors (Lipinski definition) is 4. The number of carbonyl (C=O) groups excluding carboxylic acids is 2. The number of fused-ring (bicyclic) bond motifs is 3. The van der Waals surface area contributed by atoms with Crippen molar-refractivity contribution in [3.63, 3.8) is 0 Å². The molecule has 0 spiro atoms. The molecule has 2 aromatic carbocycles. The van der Waals surface area contributed by atoms with Crippen LogP contribution in [-0.4, -0.2) is 53.7 Å². The Morgan fingerprint density at radius 3 is 2.21 bits per heavy atom. The average Bonchev–Trinajstić information content (AvgIpc) is 3.59. The average molecular weight is 451 g/mol. The fraction of sp³-hybridized carbons (Fsp3) is 0.423. The number of nitrogens with one attached hydrogen (secondary N) is 1. The molecule has 2 N–H and O–H groups in total. The Morgan fingerprint density at radius 1 is 1.06 bits per heavy atom. The van der Waals surface area contributed by atoms with Crippen molar-refractivity contribution in [2.75, 3.05) is 19.7 Å². The smallest absolute Gasteiger partial charge is 0.407 e. The normalized spacial score (nSPS) is 15.3. The summed E-state index contributed by atoms with van der Waals surface area (Å²) in [7, 11) is 0. The van der Waals surface area contributed by atoms with Gasteiger partial charge < -0.3 is 20.1 Å². The molecule has 2 aromatic rings. The lowest BCUT2D eigenvalue weighted by Gasteiger charge is -2.27. The Balaban J connectivity index is 1.42. The van der Waals surface area contributed by atoms with Crippen molar-refractivity contribution < 1.29 is 24.2 Å². The van der Waals surface area contributed by atoms with Crippen molar-refractivity contribution >= 4 is 18.0 Å². The van der Waals surface area contributed by atoms with E-state index in [0.29, 0.717) is 19.0 Å². The summed E-state index contributed by atoms with van der Waals surface area (Å²) in [4.78, 5) is 38.5. The van der Waals surface area contributed by atoms with Crippen LogP contribution in [0.3, 0.4) is 0 Å². The number of rotatable bonds is 10. The molecule has 0 saturated heterocycles. The summed E-state index contributed by atoms with van der Waals surface area (Å²) in [6.45, 7) is 3.19. The number of benzene rings is 2. The number of carboxylic acid groups (broad SMARTS) is 1. The molecular formula is C26H30N2O5. The molecule has 7 nitrogen and oxygen atoms in total. The van der Waals surface area contributed by atoms with E-state index in [1.54, 1.807) is 4.90 Å². The molecule has 0 radical (unpaired) electrons. The zero-order chi connectivity index (χ0) is 23.4. The van der Waals surface area contributed by atoms with E-state index in [9.17, 15) is 14.4 Å². The predicted octanol–water partition coefficient (Wildman–Crippen LogP) is 4.02. The highest BCUT2D eigenvalue weighted by atomic mass is 16.5. The van der Waals surface area contributed by atoms with Crippen molar-refractivity contribution in [3.8, 4) is 11.1 Å². The second-order valence-electron chi connectivity index (χ2n) is 8.78. The molecule has 1 fully saturated rings. The van der Waals surface area contributed by atoms with E-state index < -0.39 is 18.1 Å². The molecular weight excluding hydrogens is 420 g/mol. The lowest BCUT2D eigenvalue weighted by Crippen LogP contribution is -2.49. The van der Waals surface area contributed by atoms with Gasteiger partial charge in [0.25, 0.3) is 0 Å². The molecule has 2 aliphatic carbocycles. The first kappa shape index (κ1) is 22.8. The first-order valence-electron chi connectivity index (χ1n) is 11.6. The van der Waals surface area contributed by atoms with Crippen LogP contribution in [0.15, 0.2) is 48.5 Å². The Hall–Kier alpha value is -3.35. The summed E-state index contributed by atoms with van der Waals surface area (Å²) in [5.74, 6) is -0.839. The number of amides is 2. The molecule has 0 aromatic heterocycles. The highest BCUT2D eigenvalue weighted by Gasteiger charge is 2.32. The van der Waals surface area contributed by atoms with E-state index in [1.165, 1.54) is 0 Å². The van der Waals surface area contributed by atoms with Gasteiger partial charge in [-0.2, -0.15) is 0 Å². The summed E-state index contributed by atoms with van der Waals surface area (Å²) < 4.78 is 5.57. The predicted molar refractivity (Wildman–Crippen MR) is 124 cm³/mol. The Morgan fingerprint density at radius 2 is 1.67 bits per heavy atom. The van der Waals surface area contributed by atoms with Gasteiger partial charge in [0.15, 0.2) is 0 Å². The number of alkyl carbamates (subject to hydrolysis) is 1. The highest BCUT2D eigenvalue weighted by Crippen LogP contribution is 2.44. The minimum atomic E-state index is -1.01. The van der Waals surface area contributed by atoms with Gasteiger partial charge in [0.05, 0.1) is 0 Å². The Labute approximate surface area is 193 Å². The molecule has 33 heavy (non-hydrogen) atoms. The summed E-state index contributed by atoms with van der Waals surface area (Å²) in [6.07, 6.45) is 1.32. The number of ether oxygens (including phenoxy) is 1. The topological polar surface area (TPSA) is 95.9 Å². The summed E-state index contributed by atoms with van der Waals surface area (Å²) in [6, 6.07) is 15.2. The number of likely N-dealkylation sites (N-methyl/N-ethyl adjacent to an activating group) is 1. The second kappa shape index (κ2) is 10.1. The molecule has 1 unspecified atom stereocenters. The van der Waals surface area contributed by atoms with E-state index in [-0.39, 0.29) is 31.3 Å². The zero-order valence-electron chi connectivity index (χ0n) is 18.8. The van der Waals surface area contributed by atoms with E-state index in [4.69, 9.17) is 9.84 Å². The maximum Gasteiger partial charge on any atom is 0.407 e. The molecule has 0 aliphatic heterocycles. The molecule has 2 aliphatic rings. The van der Waals surface area contributed by atoms with Crippen molar-refractivity contribution in [1.29, 1.82) is 0 Å². The molecule has 2 amide bonds. The lowest BCUT2D eigenvalue weighted by atomic mass is 9.98. The molecule has 4 rings (SSSR count). The van der Waals surface area contributed by atoms with Gasteiger partial charge in [0.2, 0.25) is 5.91 Å². The van der Waals surface area contributed by atoms with Crippen LogP contribution in [0.4, 0.5) is 4.79 Å². The zero-order valence-corrected chi connectivity index (χ0v) is 18.8. The monoisotopic (exact) mass is 450 g/mol. The first-order valence-corrected chi connectivity index (χ1v) is 11.6. The summed E-state index contributed by atoms with van der Waals surface area (Å²) in [5, 5.41) is 11.7. The SMILES string of the molecule is CCN(CC1CC1)C(=O)C(CCC(=O)O)NC(=O)OCC1c2ccccc2-c2ccccc21. The van der Waals surface area contributed by atoms with Crippen molar-refractivity contribution in [2.24, 2.45) is 5.92 Å². The van der Waals surface area contributed by atoms with Crippen LogP contribution >= 0.6 is 0 Å². The third-order valence-corrected chi connectivity index (χ3v) is 6.45. The fourth-order valence-corrected chi connectivity index (χ4v) is 4.51. The lowest BCUT2D eigenvalue weighted by molar-refractivity contribution is -0.138. The maximum atomic E-state index is 13.0. The van der Waals surface area contributed by atoms with Crippen LogP contribution < -0.4 is 5.32 Å². The molecule has 1 atom stereocenters. The van der Waals surface area contributed by atoms with Gasteiger partial charge in [-0.3, -0.25) is 9.59 Å². The number of carboxylic acids is 1. The van der Waals surface area contributed by atoms with Crippen LogP contribution in [0.25, 0.3) is 11.1 Å². The molecule has 1 saturated carbocycles. The van der Waals surface area contributed by atoms with Crippen LogP contribution in [0.2, 0.25) is 0 Å². The van der Waals surface area contributed by atoms with E-state index in [0.717, 1.165) is 35.1 Å². The molecule has 7 heteroatoms. The molecule has 174 valence electrons. The number of hydrogen-bond donors (Lipinski definition) is 2. The van der Waals surface area contributed by atoms with Gasteiger partial charge in [-0.15, -0.1) is 0 Å². The standard InChI is InChI=1S/C26H30N2O5/c1-2-28(15-17-11-12-17)25(31)23(13-14-24(29)30)27-26(32)33-16-22-20-9-5-3-7-18(20)19-8-4-6-10-21(19)22/h3-10,17,22-23H,2,11-16H2,1H3,(H,27,32)(H,29,30). The van der Waals surface area contributed by atoms with E-state index >= 15 is 0 Å². The van der Waals surface area contributed by atoms with Crippen molar-refractivity contribution in [3.05, 3.63) is 59.7 Å². The fourth-order valence-electron chi connectivity index (χ4n) is 4.51. The van der Waals surface area contributed by atoms with E-state index in [2.05, 4.69) is 17.4 Å². The number of aliphatic carboxylic acids is 1. The largest absolute Gasteiger partial charge is 0.481 e. The van der Waals surface area contributed by atoms with Gasteiger partial charge in [0.1, 0.15) is 12.6 Å². The minimum Gasteiger partial charge on any atom is -0.481 e. The summed E-state index contributed by atoms with van der Waals surface area (Å²) >= 11 is 0. The molecule has 0 bridgehead atoms. The molecule has 0 heterocycles. The Bertz CT molecular complexity index is 987. The van der Waals surface area contributed by atoms with Crippen LogP contribution in [0.1, 0.15) is 49.7 Å². The third-order valence-electron chi connectivity index (χ3n) is 6.45. The van der Waals surface area contributed by atoms with Gasteiger partial charge >= 0.3 is 12.1 Å². The second-order valence-corrected chi connectivity index (χ2v) is 8.78. The van der Waals surface area contributed by atoms with E-state index in [1.807, 2.05) is 43.3 Å².